The van der Waals surface area contributed by atoms with Crippen LogP contribution < -0.4 is 15.4 Å². The van der Waals surface area contributed by atoms with Crippen molar-refractivity contribution in [3.05, 3.63) is 60.6 Å². The van der Waals surface area contributed by atoms with Crippen molar-refractivity contribution in [2.24, 2.45) is 0 Å². The number of rotatable bonds is 7. The third-order valence-corrected chi connectivity index (χ3v) is 6.19. The first-order valence-electron chi connectivity index (χ1n) is 12.4. The van der Waals surface area contributed by atoms with Crippen LogP contribution >= 0.6 is 0 Å². The van der Waals surface area contributed by atoms with Crippen molar-refractivity contribution in [2.75, 3.05) is 50.1 Å². The Hall–Kier alpha value is -3.89. The average Bonchev–Trinajstić information content (AvgIpc) is 3.53. The third kappa shape index (κ3) is 5.92. The van der Waals surface area contributed by atoms with Crippen LogP contribution in [0.1, 0.15) is 26.5 Å². The molecule has 3 heterocycles. The van der Waals surface area contributed by atoms with Crippen molar-refractivity contribution in [3.63, 3.8) is 0 Å². The number of imidazole rings is 1. The lowest BCUT2D eigenvalue weighted by molar-refractivity contribution is 0.0323. The number of carbonyl (C=O) groups excluding carboxylic acids is 1. The number of morpholine rings is 1. The molecule has 2 aromatic carbocycles. The highest BCUT2D eigenvalue weighted by molar-refractivity contribution is 5.99. The van der Waals surface area contributed by atoms with E-state index < -0.39 is 6.03 Å². The van der Waals surface area contributed by atoms with Gasteiger partial charge >= 0.3 is 6.03 Å². The first-order chi connectivity index (χ1) is 17.9. The molecule has 0 unspecified atom stereocenters. The van der Waals surface area contributed by atoms with Crippen LogP contribution in [0, 0.1) is 0 Å². The van der Waals surface area contributed by atoms with Gasteiger partial charge in [0.2, 0.25) is 0 Å². The predicted molar refractivity (Wildman–Crippen MR) is 142 cm³/mol. The Morgan fingerprint density at radius 2 is 1.86 bits per heavy atom. The highest BCUT2D eigenvalue weighted by Crippen LogP contribution is 2.28. The molecule has 1 aliphatic heterocycles. The van der Waals surface area contributed by atoms with Gasteiger partial charge in [-0.05, 0) is 36.4 Å². The number of carbonyl (C=O) groups is 1. The molecule has 2 aromatic heterocycles. The molecule has 4 aromatic rings. The Balaban J connectivity index is 1.24. The largest absolute Gasteiger partial charge is 0.490 e. The number of amides is 2. The summed E-state index contributed by atoms with van der Waals surface area (Å²) in [5.74, 6) is 1.85. The quantitative estimate of drug-likeness (QED) is 0.377. The minimum atomic E-state index is -0.398. The van der Waals surface area contributed by atoms with Crippen molar-refractivity contribution in [2.45, 2.75) is 26.2 Å². The fraction of sp³-hybridized carbons (Fsp3) is 0.370. The highest BCUT2D eigenvalue weighted by atomic mass is 16.5. The second kappa shape index (κ2) is 10.6. The Morgan fingerprint density at radius 3 is 2.59 bits per heavy atom. The second-order valence-corrected chi connectivity index (χ2v) is 9.99. The zero-order valence-corrected chi connectivity index (χ0v) is 21.4. The summed E-state index contributed by atoms with van der Waals surface area (Å²) < 4.78 is 18.9. The van der Waals surface area contributed by atoms with E-state index in [1.165, 1.54) is 0 Å². The summed E-state index contributed by atoms with van der Waals surface area (Å²) in [5.41, 5.74) is 3.12. The summed E-state index contributed by atoms with van der Waals surface area (Å²) in [4.78, 5) is 19.3. The van der Waals surface area contributed by atoms with Crippen molar-refractivity contribution >= 4 is 28.6 Å². The highest BCUT2D eigenvalue weighted by Gasteiger charge is 2.20. The summed E-state index contributed by atoms with van der Waals surface area (Å²) in [6, 6.07) is 14.8. The molecular weight excluding hydrogens is 472 g/mol. The number of benzene rings is 2. The summed E-state index contributed by atoms with van der Waals surface area (Å²) in [5, 5.41) is 9.45. The number of fused-ring (bicyclic) bond motifs is 1. The Bertz CT molecular complexity index is 1350. The molecule has 0 radical (unpaired) electrons. The molecule has 1 aliphatic rings. The van der Waals surface area contributed by atoms with Gasteiger partial charge in [-0.25, -0.2) is 9.78 Å². The van der Waals surface area contributed by atoms with Gasteiger partial charge in [0.25, 0.3) is 0 Å². The first-order valence-corrected chi connectivity index (χ1v) is 12.4. The SMILES string of the molecule is CC(C)(C)c1cc(NC(=O)Nc2ccc(-n3cnc4cccc(OCCN5CCOCC5)c43)cc2)no1. The summed E-state index contributed by atoms with van der Waals surface area (Å²) in [6.07, 6.45) is 1.78. The minimum Gasteiger partial charge on any atom is -0.490 e. The van der Waals surface area contributed by atoms with E-state index in [-0.39, 0.29) is 5.41 Å². The van der Waals surface area contributed by atoms with Crippen LogP contribution in [-0.2, 0) is 10.2 Å². The van der Waals surface area contributed by atoms with Crippen molar-refractivity contribution in [3.8, 4) is 11.4 Å². The van der Waals surface area contributed by atoms with Crippen LogP contribution in [0.5, 0.6) is 5.75 Å². The van der Waals surface area contributed by atoms with Gasteiger partial charge in [0.05, 0.1) is 18.7 Å². The number of urea groups is 1. The number of aromatic nitrogens is 3. The summed E-state index contributed by atoms with van der Waals surface area (Å²) >= 11 is 0. The normalized spacial score (nSPS) is 14.6. The number of nitrogens with one attached hydrogen (secondary N) is 2. The van der Waals surface area contributed by atoms with E-state index in [1.54, 1.807) is 12.4 Å². The van der Waals surface area contributed by atoms with Gasteiger partial charge in [-0.15, -0.1) is 0 Å². The van der Waals surface area contributed by atoms with E-state index >= 15 is 0 Å². The van der Waals surface area contributed by atoms with Gasteiger partial charge in [-0.3, -0.25) is 14.8 Å². The summed E-state index contributed by atoms with van der Waals surface area (Å²) in [6.45, 7) is 10.9. The fourth-order valence-electron chi connectivity index (χ4n) is 4.13. The van der Waals surface area contributed by atoms with Crippen LogP contribution in [0.25, 0.3) is 16.7 Å². The number of hydrogen-bond acceptors (Lipinski definition) is 7. The lowest BCUT2D eigenvalue weighted by atomic mass is 9.93. The lowest BCUT2D eigenvalue weighted by Crippen LogP contribution is -2.38. The number of ether oxygens (including phenoxy) is 2. The van der Waals surface area contributed by atoms with Crippen LogP contribution in [0.4, 0.5) is 16.3 Å². The molecule has 2 N–H and O–H groups in total. The monoisotopic (exact) mass is 504 g/mol. The van der Waals surface area contributed by atoms with Gasteiger partial charge in [0, 0.05) is 42.5 Å². The maximum atomic E-state index is 12.4. The molecule has 0 spiro atoms. The van der Waals surface area contributed by atoms with Gasteiger partial charge < -0.3 is 19.3 Å². The van der Waals surface area contributed by atoms with Gasteiger partial charge in [-0.1, -0.05) is 32.0 Å². The maximum Gasteiger partial charge on any atom is 0.324 e. The van der Waals surface area contributed by atoms with Crippen LogP contribution in [0.3, 0.4) is 0 Å². The van der Waals surface area contributed by atoms with E-state index in [0.29, 0.717) is 23.9 Å². The van der Waals surface area contributed by atoms with E-state index in [4.69, 9.17) is 14.0 Å². The van der Waals surface area contributed by atoms with Crippen LogP contribution in [0.2, 0.25) is 0 Å². The molecule has 10 nitrogen and oxygen atoms in total. The first kappa shape index (κ1) is 24.8. The number of para-hydroxylation sites is 1. The fourth-order valence-corrected chi connectivity index (χ4v) is 4.13. The Kier molecular flexibility index (Phi) is 7.11. The smallest absolute Gasteiger partial charge is 0.324 e. The minimum absolute atomic E-state index is 0.190. The number of anilines is 2. The molecule has 194 valence electrons. The number of hydrogen-bond donors (Lipinski definition) is 2. The molecule has 2 amide bonds. The van der Waals surface area contributed by atoms with Crippen LogP contribution in [-0.4, -0.2) is 65.1 Å². The maximum absolute atomic E-state index is 12.4. The molecule has 0 atom stereocenters. The van der Waals surface area contributed by atoms with E-state index in [9.17, 15) is 4.79 Å². The molecule has 10 heteroatoms. The van der Waals surface area contributed by atoms with Crippen LogP contribution in [0.15, 0.2) is 59.4 Å². The molecular formula is C27H32N6O4. The predicted octanol–water partition coefficient (Wildman–Crippen LogP) is 4.67. The zero-order chi connectivity index (χ0) is 25.8. The third-order valence-electron chi connectivity index (χ3n) is 6.19. The molecule has 1 saturated heterocycles. The molecule has 0 saturated carbocycles. The average molecular weight is 505 g/mol. The zero-order valence-electron chi connectivity index (χ0n) is 21.4. The topological polar surface area (TPSA) is 107 Å². The molecule has 1 fully saturated rings. The van der Waals surface area contributed by atoms with E-state index in [0.717, 1.165) is 55.3 Å². The van der Waals surface area contributed by atoms with Gasteiger partial charge in [0.1, 0.15) is 30.0 Å². The van der Waals surface area contributed by atoms with Gasteiger partial charge in [-0.2, -0.15) is 0 Å². The van der Waals surface area contributed by atoms with E-state index in [2.05, 4.69) is 25.7 Å². The van der Waals surface area contributed by atoms with Crippen molar-refractivity contribution in [1.82, 2.24) is 19.6 Å². The standard InChI is InChI=1S/C27H32N6O4/c1-27(2,3)23-17-24(31-37-23)30-26(34)29-19-7-9-20(10-8-19)33-18-28-21-5-4-6-22(25(21)33)36-16-13-32-11-14-35-15-12-32/h4-10,17-18H,11-16H2,1-3H3,(H2,29,30,31,34). The molecule has 37 heavy (non-hydrogen) atoms. The molecule has 0 aliphatic carbocycles. The summed E-state index contributed by atoms with van der Waals surface area (Å²) in [7, 11) is 0. The van der Waals surface area contributed by atoms with E-state index in [1.807, 2.05) is 67.8 Å². The Labute approximate surface area is 215 Å². The van der Waals surface area contributed by atoms with Crippen molar-refractivity contribution < 1.29 is 18.8 Å². The molecule has 0 bridgehead atoms. The number of nitrogens with zero attached hydrogens (tertiary/aromatic N) is 4. The molecule has 5 rings (SSSR count). The second-order valence-electron chi connectivity index (χ2n) is 9.99. The van der Waals surface area contributed by atoms with Crippen molar-refractivity contribution in [1.29, 1.82) is 0 Å². The Morgan fingerprint density at radius 1 is 1.08 bits per heavy atom. The lowest BCUT2D eigenvalue weighted by Gasteiger charge is -2.26. The van der Waals surface area contributed by atoms with Gasteiger partial charge in [0.15, 0.2) is 5.82 Å².